The largest absolute Gasteiger partial charge is 0.493 e. The summed E-state index contributed by atoms with van der Waals surface area (Å²) in [5, 5.41) is 3.27. The predicted octanol–water partition coefficient (Wildman–Crippen LogP) is 3.04. The van der Waals surface area contributed by atoms with Crippen molar-refractivity contribution in [3.05, 3.63) is 23.8 Å². The second-order valence-electron chi connectivity index (χ2n) is 7.82. The van der Waals surface area contributed by atoms with Crippen LogP contribution in [-0.4, -0.2) is 55.9 Å². The number of benzene rings is 1. The molecule has 1 aromatic rings. The molecule has 3 rings (SSSR count). The zero-order valence-corrected chi connectivity index (χ0v) is 18.1. The summed E-state index contributed by atoms with van der Waals surface area (Å²) in [6.45, 7) is 3.99. The molecule has 0 atom stereocenters. The van der Waals surface area contributed by atoms with E-state index < -0.39 is 0 Å². The number of ether oxygens (including phenoxy) is 3. The van der Waals surface area contributed by atoms with Crippen molar-refractivity contribution in [3.8, 4) is 11.5 Å². The maximum Gasteiger partial charge on any atom is 0.409 e. The first-order valence-corrected chi connectivity index (χ1v) is 10.9. The third-order valence-corrected chi connectivity index (χ3v) is 5.63. The number of hydrogen-bond acceptors (Lipinski definition) is 5. The number of amides is 1. The first kappa shape index (κ1) is 22.1. The Morgan fingerprint density at radius 3 is 2.60 bits per heavy atom. The molecular weight excluding hydrogens is 384 g/mol. The van der Waals surface area contributed by atoms with Crippen molar-refractivity contribution in [1.29, 1.82) is 0 Å². The maximum atomic E-state index is 11.8. The Morgan fingerprint density at radius 2 is 1.93 bits per heavy atom. The summed E-state index contributed by atoms with van der Waals surface area (Å²) in [5.41, 5.74) is 7.12. The minimum absolute atomic E-state index is 0.205. The lowest BCUT2D eigenvalue weighted by Crippen LogP contribution is -2.48. The van der Waals surface area contributed by atoms with Gasteiger partial charge in [0.15, 0.2) is 17.5 Å². The van der Waals surface area contributed by atoms with Crippen LogP contribution in [-0.2, 0) is 11.3 Å². The van der Waals surface area contributed by atoms with E-state index >= 15 is 0 Å². The Balaban J connectivity index is 1.50. The van der Waals surface area contributed by atoms with Gasteiger partial charge in [0.1, 0.15) is 0 Å². The number of piperidine rings is 1. The summed E-state index contributed by atoms with van der Waals surface area (Å²) in [6.07, 6.45) is 6.29. The van der Waals surface area contributed by atoms with Crippen LogP contribution in [0.4, 0.5) is 4.79 Å². The minimum Gasteiger partial charge on any atom is -0.493 e. The molecule has 1 amide bonds. The smallest absolute Gasteiger partial charge is 0.409 e. The zero-order chi connectivity index (χ0) is 21.3. The fourth-order valence-electron chi connectivity index (χ4n) is 3.95. The predicted molar refractivity (Wildman–Crippen MR) is 116 cm³/mol. The number of likely N-dealkylation sites (tertiary alicyclic amines) is 1. The van der Waals surface area contributed by atoms with Gasteiger partial charge in [-0.15, -0.1) is 0 Å². The van der Waals surface area contributed by atoms with Crippen LogP contribution in [0.15, 0.2) is 23.2 Å². The van der Waals surface area contributed by atoms with E-state index in [4.69, 9.17) is 19.9 Å². The number of methoxy groups -OCH3 is 1. The van der Waals surface area contributed by atoms with Crippen LogP contribution in [0.1, 0.15) is 51.0 Å². The molecule has 0 unspecified atom stereocenters. The third kappa shape index (κ3) is 6.18. The number of carbonyl (C=O) groups excluding carboxylic acids is 1. The molecule has 8 nitrogen and oxygen atoms in total. The molecule has 1 saturated heterocycles. The summed E-state index contributed by atoms with van der Waals surface area (Å²) < 4.78 is 16.6. The molecule has 2 fully saturated rings. The second kappa shape index (κ2) is 10.9. The number of carbonyl (C=O) groups is 1. The minimum atomic E-state index is -0.243. The Bertz CT molecular complexity index is 726. The van der Waals surface area contributed by atoms with Gasteiger partial charge in [0.2, 0.25) is 0 Å². The highest BCUT2D eigenvalue weighted by atomic mass is 16.6. The Labute approximate surface area is 178 Å². The van der Waals surface area contributed by atoms with Gasteiger partial charge in [0, 0.05) is 19.1 Å². The summed E-state index contributed by atoms with van der Waals surface area (Å²) in [7, 11) is 1.66. The standard InChI is InChI=1S/C22H34N4O4/c1-3-29-22(27)26-12-10-17(11-13-26)25-21(23)24-15-16-8-9-19(28-2)20(14-16)30-18-6-4-5-7-18/h8-9,14,17-18H,3-7,10-13,15H2,1-2H3,(H3,23,24,25). The summed E-state index contributed by atoms with van der Waals surface area (Å²) in [5.74, 6) is 1.93. The van der Waals surface area contributed by atoms with Gasteiger partial charge in [-0.25, -0.2) is 9.79 Å². The third-order valence-electron chi connectivity index (χ3n) is 5.63. The van der Waals surface area contributed by atoms with Gasteiger partial charge in [-0.3, -0.25) is 0 Å². The highest BCUT2D eigenvalue weighted by molar-refractivity contribution is 5.78. The number of nitrogens with zero attached hydrogens (tertiary/aromatic N) is 2. The van der Waals surface area contributed by atoms with E-state index in [1.165, 1.54) is 12.8 Å². The van der Waals surface area contributed by atoms with Crippen molar-refractivity contribution >= 4 is 12.1 Å². The number of hydrogen-bond donors (Lipinski definition) is 2. The van der Waals surface area contributed by atoms with Crippen LogP contribution in [0.5, 0.6) is 11.5 Å². The lowest BCUT2D eigenvalue weighted by molar-refractivity contribution is 0.0963. The van der Waals surface area contributed by atoms with Crippen molar-refractivity contribution in [2.45, 2.75) is 64.1 Å². The molecule has 1 aliphatic carbocycles. The molecule has 2 aliphatic rings. The number of nitrogens with two attached hydrogens (primary N) is 1. The molecule has 3 N–H and O–H groups in total. The molecular formula is C22H34N4O4. The Morgan fingerprint density at radius 1 is 1.20 bits per heavy atom. The zero-order valence-electron chi connectivity index (χ0n) is 18.1. The topological polar surface area (TPSA) is 98.4 Å². The van der Waals surface area contributed by atoms with Crippen molar-refractivity contribution in [3.63, 3.8) is 0 Å². The molecule has 0 aromatic heterocycles. The van der Waals surface area contributed by atoms with Gasteiger partial charge in [-0.05, 0) is 63.1 Å². The highest BCUT2D eigenvalue weighted by Gasteiger charge is 2.23. The average Bonchev–Trinajstić information content (AvgIpc) is 3.26. The van der Waals surface area contributed by atoms with E-state index in [2.05, 4.69) is 10.3 Å². The highest BCUT2D eigenvalue weighted by Crippen LogP contribution is 2.32. The number of rotatable bonds is 7. The van der Waals surface area contributed by atoms with E-state index in [0.29, 0.717) is 32.2 Å². The number of guanidine groups is 1. The molecule has 30 heavy (non-hydrogen) atoms. The van der Waals surface area contributed by atoms with E-state index in [9.17, 15) is 4.79 Å². The van der Waals surface area contributed by atoms with E-state index in [1.807, 2.05) is 25.1 Å². The van der Waals surface area contributed by atoms with Gasteiger partial charge in [-0.1, -0.05) is 6.07 Å². The van der Waals surface area contributed by atoms with Crippen LogP contribution < -0.4 is 20.5 Å². The van der Waals surface area contributed by atoms with Crippen LogP contribution in [0.25, 0.3) is 0 Å². The van der Waals surface area contributed by atoms with Gasteiger partial charge in [0.05, 0.1) is 26.4 Å². The van der Waals surface area contributed by atoms with E-state index in [1.54, 1.807) is 12.0 Å². The average molecular weight is 419 g/mol. The fourth-order valence-corrected chi connectivity index (χ4v) is 3.95. The molecule has 1 aromatic carbocycles. The van der Waals surface area contributed by atoms with Crippen molar-refractivity contribution < 1.29 is 19.0 Å². The summed E-state index contributed by atoms with van der Waals surface area (Å²) >= 11 is 0. The van der Waals surface area contributed by atoms with Gasteiger partial charge < -0.3 is 30.2 Å². The first-order valence-electron chi connectivity index (χ1n) is 10.9. The Hall–Kier alpha value is -2.64. The maximum absolute atomic E-state index is 11.8. The molecule has 1 heterocycles. The monoisotopic (exact) mass is 418 g/mol. The lowest BCUT2D eigenvalue weighted by atomic mass is 10.1. The van der Waals surface area contributed by atoms with Crippen molar-refractivity contribution in [2.75, 3.05) is 26.8 Å². The Kier molecular flexibility index (Phi) is 8.04. The molecule has 1 aliphatic heterocycles. The fraction of sp³-hybridized carbons (Fsp3) is 0.636. The second-order valence-corrected chi connectivity index (χ2v) is 7.82. The number of aliphatic imine (C=N–C) groups is 1. The van der Waals surface area contributed by atoms with Crippen molar-refractivity contribution in [1.82, 2.24) is 10.2 Å². The molecule has 1 saturated carbocycles. The van der Waals surface area contributed by atoms with Gasteiger partial charge in [-0.2, -0.15) is 0 Å². The molecule has 0 bridgehead atoms. The first-order chi connectivity index (χ1) is 14.6. The van der Waals surface area contributed by atoms with Crippen LogP contribution >= 0.6 is 0 Å². The molecule has 166 valence electrons. The van der Waals surface area contributed by atoms with Crippen LogP contribution in [0, 0.1) is 0 Å². The van der Waals surface area contributed by atoms with E-state index in [0.717, 1.165) is 42.7 Å². The van der Waals surface area contributed by atoms with Crippen LogP contribution in [0.2, 0.25) is 0 Å². The molecule has 0 spiro atoms. The SMILES string of the molecule is CCOC(=O)N1CCC(NC(N)=NCc2ccc(OC)c(OC3CCCC3)c2)CC1. The van der Waals surface area contributed by atoms with Crippen LogP contribution in [0.3, 0.4) is 0 Å². The molecule has 8 heteroatoms. The molecule has 0 radical (unpaired) electrons. The summed E-state index contributed by atoms with van der Waals surface area (Å²) in [4.78, 5) is 18.0. The van der Waals surface area contributed by atoms with Gasteiger partial charge >= 0.3 is 6.09 Å². The van der Waals surface area contributed by atoms with E-state index in [-0.39, 0.29) is 18.2 Å². The lowest BCUT2D eigenvalue weighted by Gasteiger charge is -2.31. The quantitative estimate of drug-likeness (QED) is 0.522. The number of nitrogens with one attached hydrogen (secondary N) is 1. The summed E-state index contributed by atoms with van der Waals surface area (Å²) in [6, 6.07) is 6.10. The van der Waals surface area contributed by atoms with Crippen molar-refractivity contribution in [2.24, 2.45) is 10.7 Å². The normalized spacial score (nSPS) is 18.3. The van der Waals surface area contributed by atoms with Gasteiger partial charge in [0.25, 0.3) is 0 Å².